The third-order valence-corrected chi connectivity index (χ3v) is 4.24. The molecular formula is C22H22O6. The minimum atomic E-state index is -0.502. The van der Waals surface area contributed by atoms with Crippen molar-refractivity contribution in [2.45, 2.75) is 26.4 Å². The normalized spacial score (nSPS) is 10.6. The third kappa shape index (κ3) is 5.13. The van der Waals surface area contributed by atoms with Gasteiger partial charge in [-0.05, 0) is 37.6 Å². The molecule has 0 saturated heterocycles. The predicted molar refractivity (Wildman–Crippen MR) is 105 cm³/mol. The van der Waals surface area contributed by atoms with Crippen LogP contribution in [0.25, 0.3) is 11.0 Å². The van der Waals surface area contributed by atoms with Crippen LogP contribution in [0.3, 0.4) is 0 Å². The Balaban J connectivity index is 1.51. The van der Waals surface area contributed by atoms with Gasteiger partial charge in [0.1, 0.15) is 23.7 Å². The van der Waals surface area contributed by atoms with Crippen molar-refractivity contribution in [3.05, 3.63) is 70.1 Å². The number of methoxy groups -OCH3 is 1. The molecule has 0 radical (unpaired) electrons. The average Bonchev–Trinajstić information content (AvgIpc) is 2.70. The molecule has 28 heavy (non-hydrogen) atoms. The fourth-order valence-corrected chi connectivity index (χ4v) is 2.73. The summed E-state index contributed by atoms with van der Waals surface area (Å²) in [6.45, 7) is 2.44. The zero-order chi connectivity index (χ0) is 19.9. The van der Waals surface area contributed by atoms with Gasteiger partial charge in [0, 0.05) is 29.5 Å². The van der Waals surface area contributed by atoms with Crippen LogP contribution in [0.1, 0.15) is 24.0 Å². The van der Waals surface area contributed by atoms with Crippen molar-refractivity contribution in [1.82, 2.24) is 0 Å². The second kappa shape index (κ2) is 9.08. The van der Waals surface area contributed by atoms with Gasteiger partial charge in [-0.3, -0.25) is 4.79 Å². The van der Waals surface area contributed by atoms with Crippen LogP contribution >= 0.6 is 0 Å². The first-order valence-corrected chi connectivity index (χ1v) is 9.01. The quantitative estimate of drug-likeness (QED) is 0.333. The molecule has 0 bridgehead atoms. The van der Waals surface area contributed by atoms with E-state index in [9.17, 15) is 9.59 Å². The fourth-order valence-electron chi connectivity index (χ4n) is 2.73. The smallest absolute Gasteiger partial charge is 0.336 e. The first-order valence-electron chi connectivity index (χ1n) is 9.01. The molecule has 0 unspecified atom stereocenters. The highest BCUT2D eigenvalue weighted by molar-refractivity contribution is 5.81. The summed E-state index contributed by atoms with van der Waals surface area (Å²) in [4.78, 5) is 23.7. The lowest BCUT2D eigenvalue weighted by molar-refractivity contribution is -0.145. The Morgan fingerprint density at radius 1 is 1.04 bits per heavy atom. The van der Waals surface area contributed by atoms with E-state index in [1.165, 1.54) is 13.2 Å². The molecule has 1 heterocycles. The van der Waals surface area contributed by atoms with Gasteiger partial charge in [-0.2, -0.15) is 0 Å². The number of esters is 1. The van der Waals surface area contributed by atoms with Crippen LogP contribution in [-0.2, 0) is 16.1 Å². The van der Waals surface area contributed by atoms with Crippen molar-refractivity contribution in [3.8, 4) is 11.5 Å². The van der Waals surface area contributed by atoms with E-state index in [1.807, 2.05) is 31.2 Å². The van der Waals surface area contributed by atoms with E-state index in [-0.39, 0.29) is 19.0 Å². The van der Waals surface area contributed by atoms with Gasteiger partial charge >= 0.3 is 11.6 Å². The molecule has 1 aromatic heterocycles. The molecule has 0 aliphatic rings. The van der Waals surface area contributed by atoms with Crippen molar-refractivity contribution in [2.24, 2.45) is 0 Å². The predicted octanol–water partition coefficient (Wildman–Crippen LogP) is 4.01. The second-order valence-electron chi connectivity index (χ2n) is 6.38. The maximum Gasteiger partial charge on any atom is 0.336 e. The standard InChI is InChI=1S/C22H22O6/c1-15-5-7-17(8-6-15)26-11-3-4-21(23)27-14-16-12-22(24)28-20-13-18(25-2)9-10-19(16)20/h5-10,12-13H,3-4,11,14H2,1-2H3. The Labute approximate surface area is 162 Å². The molecule has 6 heteroatoms. The van der Waals surface area contributed by atoms with E-state index in [0.29, 0.717) is 35.3 Å². The summed E-state index contributed by atoms with van der Waals surface area (Å²) in [6, 6.07) is 14.2. The third-order valence-electron chi connectivity index (χ3n) is 4.24. The number of rotatable bonds is 8. The van der Waals surface area contributed by atoms with Gasteiger partial charge in [-0.25, -0.2) is 4.79 Å². The Morgan fingerprint density at radius 2 is 1.79 bits per heavy atom. The van der Waals surface area contributed by atoms with Crippen LogP contribution in [0, 0.1) is 6.92 Å². The molecule has 0 aliphatic carbocycles. The van der Waals surface area contributed by atoms with Crippen LogP contribution in [0.15, 0.2) is 57.7 Å². The number of fused-ring (bicyclic) bond motifs is 1. The lowest BCUT2D eigenvalue weighted by atomic mass is 10.1. The van der Waals surface area contributed by atoms with E-state index in [2.05, 4.69) is 0 Å². The molecule has 0 fully saturated rings. The van der Waals surface area contributed by atoms with Crippen molar-refractivity contribution >= 4 is 16.9 Å². The number of aryl methyl sites for hydroxylation is 1. The number of carbonyl (C=O) groups excluding carboxylic acids is 1. The summed E-state index contributed by atoms with van der Waals surface area (Å²) in [7, 11) is 1.54. The van der Waals surface area contributed by atoms with Crippen LogP contribution in [0.5, 0.6) is 11.5 Å². The Hall–Kier alpha value is -3.28. The summed E-state index contributed by atoms with van der Waals surface area (Å²) >= 11 is 0. The van der Waals surface area contributed by atoms with Crippen LogP contribution < -0.4 is 15.1 Å². The Kier molecular flexibility index (Phi) is 6.32. The molecular weight excluding hydrogens is 360 g/mol. The SMILES string of the molecule is COc1ccc2c(COC(=O)CCCOc3ccc(C)cc3)cc(=O)oc2c1. The zero-order valence-corrected chi connectivity index (χ0v) is 15.9. The molecule has 6 nitrogen and oxygen atoms in total. The monoisotopic (exact) mass is 382 g/mol. The molecule has 3 rings (SSSR count). The van der Waals surface area contributed by atoms with Gasteiger partial charge in [-0.15, -0.1) is 0 Å². The van der Waals surface area contributed by atoms with Gasteiger partial charge in [0.05, 0.1) is 13.7 Å². The van der Waals surface area contributed by atoms with Gasteiger partial charge in [-0.1, -0.05) is 17.7 Å². The summed E-state index contributed by atoms with van der Waals surface area (Å²) in [5, 5.41) is 0.705. The molecule has 0 saturated carbocycles. The maximum atomic E-state index is 12.0. The zero-order valence-electron chi connectivity index (χ0n) is 15.9. The van der Waals surface area contributed by atoms with Crippen LogP contribution in [0.4, 0.5) is 0 Å². The summed E-state index contributed by atoms with van der Waals surface area (Å²) < 4.78 is 21.2. The molecule has 0 aliphatic heterocycles. The highest BCUT2D eigenvalue weighted by Crippen LogP contribution is 2.23. The van der Waals surface area contributed by atoms with Crippen molar-refractivity contribution in [1.29, 1.82) is 0 Å². The van der Waals surface area contributed by atoms with Crippen LogP contribution in [0.2, 0.25) is 0 Å². The van der Waals surface area contributed by atoms with Crippen LogP contribution in [-0.4, -0.2) is 19.7 Å². The lowest BCUT2D eigenvalue weighted by Gasteiger charge is -2.09. The van der Waals surface area contributed by atoms with Gasteiger partial charge in [0.2, 0.25) is 0 Å². The topological polar surface area (TPSA) is 75.0 Å². The lowest BCUT2D eigenvalue weighted by Crippen LogP contribution is -2.09. The number of hydrogen-bond acceptors (Lipinski definition) is 6. The number of ether oxygens (including phenoxy) is 3. The van der Waals surface area contributed by atoms with Gasteiger partial charge in [0.25, 0.3) is 0 Å². The Morgan fingerprint density at radius 3 is 2.54 bits per heavy atom. The van der Waals surface area contributed by atoms with Gasteiger partial charge in [0.15, 0.2) is 0 Å². The van der Waals surface area contributed by atoms with E-state index in [0.717, 1.165) is 11.3 Å². The molecule has 0 atom stereocenters. The highest BCUT2D eigenvalue weighted by atomic mass is 16.5. The number of carbonyl (C=O) groups is 1. The molecule has 0 N–H and O–H groups in total. The molecule has 146 valence electrons. The van der Waals surface area contributed by atoms with E-state index in [4.69, 9.17) is 18.6 Å². The van der Waals surface area contributed by atoms with E-state index >= 15 is 0 Å². The highest BCUT2D eigenvalue weighted by Gasteiger charge is 2.10. The largest absolute Gasteiger partial charge is 0.497 e. The minimum absolute atomic E-state index is 0.00603. The molecule has 2 aromatic carbocycles. The van der Waals surface area contributed by atoms with Gasteiger partial charge < -0.3 is 18.6 Å². The van der Waals surface area contributed by atoms with Crippen molar-refractivity contribution < 1.29 is 23.4 Å². The van der Waals surface area contributed by atoms with Crippen molar-refractivity contribution in [2.75, 3.05) is 13.7 Å². The first-order chi connectivity index (χ1) is 13.5. The molecule has 0 spiro atoms. The number of hydrogen-bond donors (Lipinski definition) is 0. The first kappa shape index (κ1) is 19.5. The minimum Gasteiger partial charge on any atom is -0.497 e. The molecule has 0 amide bonds. The number of benzene rings is 2. The van der Waals surface area contributed by atoms with E-state index < -0.39 is 5.63 Å². The summed E-state index contributed by atoms with van der Waals surface area (Å²) in [5.41, 5.74) is 1.65. The maximum absolute atomic E-state index is 12.0. The average molecular weight is 382 g/mol. The Bertz CT molecular complexity index is 1000. The fraction of sp³-hybridized carbons (Fsp3) is 0.273. The second-order valence-corrected chi connectivity index (χ2v) is 6.38. The summed E-state index contributed by atoms with van der Waals surface area (Å²) in [5.74, 6) is 1.01. The van der Waals surface area contributed by atoms with E-state index in [1.54, 1.807) is 18.2 Å². The van der Waals surface area contributed by atoms with Crippen molar-refractivity contribution in [3.63, 3.8) is 0 Å². The molecule has 3 aromatic rings. The summed E-state index contributed by atoms with van der Waals surface area (Å²) in [6.07, 6.45) is 0.778.